The van der Waals surface area contributed by atoms with Gasteiger partial charge in [-0.15, -0.1) is 0 Å². The quantitative estimate of drug-likeness (QED) is 0.744. The molecule has 1 saturated heterocycles. The summed E-state index contributed by atoms with van der Waals surface area (Å²) in [5, 5.41) is 1.19. The summed E-state index contributed by atoms with van der Waals surface area (Å²) in [5.74, 6) is 0.198. The first-order valence-corrected chi connectivity index (χ1v) is 8.52. The largest absolute Gasteiger partial charge is 0.339 e. The van der Waals surface area contributed by atoms with Gasteiger partial charge < -0.3 is 14.0 Å². The Morgan fingerprint density at radius 2 is 2.21 bits per heavy atom. The molecule has 0 saturated carbocycles. The smallest absolute Gasteiger partial charge is 0.242 e. The maximum Gasteiger partial charge on any atom is 0.242 e. The van der Waals surface area contributed by atoms with Crippen LogP contribution in [0.15, 0.2) is 49.1 Å². The number of nitrogens with zero attached hydrogens (tertiary/aromatic N) is 4. The maximum atomic E-state index is 12.9. The zero-order chi connectivity index (χ0) is 16.5. The van der Waals surface area contributed by atoms with Crippen molar-refractivity contribution in [3.8, 4) is 0 Å². The summed E-state index contributed by atoms with van der Waals surface area (Å²) in [5.41, 5.74) is 2.26. The highest BCUT2D eigenvalue weighted by Gasteiger charge is 2.25. The van der Waals surface area contributed by atoms with Crippen molar-refractivity contribution in [1.29, 1.82) is 0 Å². The van der Waals surface area contributed by atoms with Crippen molar-refractivity contribution in [2.24, 2.45) is 0 Å². The van der Waals surface area contributed by atoms with E-state index in [1.54, 1.807) is 6.20 Å². The van der Waals surface area contributed by atoms with Gasteiger partial charge in [0, 0.05) is 36.7 Å². The summed E-state index contributed by atoms with van der Waals surface area (Å²) in [6, 6.07) is 10.7. The fourth-order valence-corrected chi connectivity index (χ4v) is 3.70. The Bertz CT molecular complexity index is 850. The van der Waals surface area contributed by atoms with Gasteiger partial charge in [-0.25, -0.2) is 4.98 Å². The number of para-hydroxylation sites is 1. The molecular formula is C19H22N4O. The van der Waals surface area contributed by atoms with Crippen LogP contribution < -0.4 is 0 Å². The van der Waals surface area contributed by atoms with Crippen LogP contribution >= 0.6 is 0 Å². The van der Waals surface area contributed by atoms with Crippen LogP contribution in [-0.4, -0.2) is 38.0 Å². The number of aryl methyl sites for hydroxylation is 1. The van der Waals surface area contributed by atoms with E-state index in [-0.39, 0.29) is 5.91 Å². The van der Waals surface area contributed by atoms with Crippen LogP contribution in [0.2, 0.25) is 0 Å². The average Bonchev–Trinajstić information content (AvgIpc) is 3.24. The molecular weight excluding hydrogens is 300 g/mol. The lowest BCUT2D eigenvalue weighted by Crippen LogP contribution is -2.42. The highest BCUT2D eigenvalue weighted by Crippen LogP contribution is 2.23. The summed E-state index contributed by atoms with van der Waals surface area (Å²) >= 11 is 0. The van der Waals surface area contributed by atoms with Gasteiger partial charge in [0.2, 0.25) is 5.91 Å². The van der Waals surface area contributed by atoms with Crippen LogP contribution in [0.3, 0.4) is 0 Å². The Morgan fingerprint density at radius 3 is 3.04 bits per heavy atom. The summed E-state index contributed by atoms with van der Waals surface area (Å²) < 4.78 is 4.24. The Labute approximate surface area is 141 Å². The fraction of sp³-hybridized carbons (Fsp3) is 0.368. The second-order valence-corrected chi connectivity index (χ2v) is 6.58. The molecule has 1 aliphatic heterocycles. The molecule has 1 amide bonds. The first-order chi connectivity index (χ1) is 11.7. The van der Waals surface area contributed by atoms with Crippen LogP contribution in [0.1, 0.15) is 24.6 Å². The number of hydrogen-bond donors (Lipinski definition) is 0. The van der Waals surface area contributed by atoms with Crippen molar-refractivity contribution in [2.75, 3.05) is 13.1 Å². The fourth-order valence-electron chi connectivity index (χ4n) is 3.70. The van der Waals surface area contributed by atoms with Gasteiger partial charge in [0.25, 0.3) is 0 Å². The number of carbonyl (C=O) groups is 1. The van der Waals surface area contributed by atoms with Crippen molar-refractivity contribution in [3.63, 3.8) is 0 Å². The topological polar surface area (TPSA) is 43.1 Å². The van der Waals surface area contributed by atoms with Crippen LogP contribution in [0.5, 0.6) is 0 Å². The lowest BCUT2D eigenvalue weighted by atomic mass is 10.1. The van der Waals surface area contributed by atoms with Crippen molar-refractivity contribution < 1.29 is 4.79 Å². The van der Waals surface area contributed by atoms with Crippen LogP contribution in [-0.2, 0) is 11.3 Å². The molecule has 1 atom stereocenters. The molecule has 1 fully saturated rings. The molecule has 4 rings (SSSR count). The molecule has 3 aromatic rings. The predicted molar refractivity (Wildman–Crippen MR) is 93.8 cm³/mol. The summed E-state index contributed by atoms with van der Waals surface area (Å²) in [4.78, 5) is 19.0. The number of piperidine rings is 1. The van der Waals surface area contributed by atoms with Crippen molar-refractivity contribution in [1.82, 2.24) is 19.0 Å². The van der Waals surface area contributed by atoms with E-state index in [2.05, 4.69) is 39.2 Å². The number of aromatic nitrogens is 3. The minimum absolute atomic E-state index is 0.198. The van der Waals surface area contributed by atoms with Gasteiger partial charge in [-0.2, -0.15) is 0 Å². The second-order valence-electron chi connectivity index (χ2n) is 6.58. The molecule has 0 bridgehead atoms. The molecule has 1 unspecified atom stereocenters. The molecule has 0 radical (unpaired) electrons. The Hall–Kier alpha value is -2.56. The van der Waals surface area contributed by atoms with Gasteiger partial charge in [0.1, 0.15) is 6.54 Å². The first-order valence-electron chi connectivity index (χ1n) is 8.52. The number of benzene rings is 1. The van der Waals surface area contributed by atoms with Crippen molar-refractivity contribution in [3.05, 3.63) is 54.7 Å². The zero-order valence-corrected chi connectivity index (χ0v) is 13.9. The minimum atomic E-state index is 0.198. The number of imidazole rings is 1. The SMILES string of the molecule is Cc1cc2ccccc2n1CC(=O)N1CCCC(n2ccnc2)C1. The van der Waals surface area contributed by atoms with Gasteiger partial charge in [-0.3, -0.25) is 4.79 Å². The molecule has 124 valence electrons. The third-order valence-electron chi connectivity index (χ3n) is 5.01. The van der Waals surface area contributed by atoms with E-state index in [1.165, 1.54) is 5.39 Å². The van der Waals surface area contributed by atoms with E-state index in [4.69, 9.17) is 0 Å². The van der Waals surface area contributed by atoms with E-state index in [1.807, 2.05) is 29.6 Å². The van der Waals surface area contributed by atoms with E-state index in [9.17, 15) is 4.79 Å². The highest BCUT2D eigenvalue weighted by atomic mass is 16.2. The maximum absolute atomic E-state index is 12.9. The summed E-state index contributed by atoms with van der Waals surface area (Å²) in [7, 11) is 0. The van der Waals surface area contributed by atoms with Crippen LogP contribution in [0.25, 0.3) is 10.9 Å². The van der Waals surface area contributed by atoms with Crippen LogP contribution in [0, 0.1) is 6.92 Å². The molecule has 0 N–H and O–H groups in total. The molecule has 0 aliphatic carbocycles. The normalized spacial score (nSPS) is 18.2. The monoisotopic (exact) mass is 322 g/mol. The summed E-state index contributed by atoms with van der Waals surface area (Å²) in [6.07, 6.45) is 7.78. The molecule has 3 heterocycles. The standard InChI is InChI=1S/C19H22N4O/c1-15-11-16-5-2-3-7-18(16)23(15)13-19(24)21-9-4-6-17(12-21)22-10-8-20-14-22/h2-3,5,7-8,10-11,14,17H,4,6,9,12-13H2,1H3. The first kappa shape index (κ1) is 15.0. The highest BCUT2D eigenvalue weighted by molar-refractivity contribution is 5.84. The number of amides is 1. The number of likely N-dealkylation sites (tertiary alicyclic amines) is 1. The van der Waals surface area contributed by atoms with Gasteiger partial charge in [0.05, 0.1) is 12.4 Å². The number of hydrogen-bond acceptors (Lipinski definition) is 2. The van der Waals surface area contributed by atoms with Gasteiger partial charge in [-0.05, 0) is 37.3 Å². The number of rotatable bonds is 3. The lowest BCUT2D eigenvalue weighted by Gasteiger charge is -2.33. The van der Waals surface area contributed by atoms with E-state index >= 15 is 0 Å². The molecule has 24 heavy (non-hydrogen) atoms. The van der Waals surface area contributed by atoms with Crippen molar-refractivity contribution in [2.45, 2.75) is 32.4 Å². The van der Waals surface area contributed by atoms with Crippen molar-refractivity contribution >= 4 is 16.8 Å². The predicted octanol–water partition coefficient (Wildman–Crippen LogP) is 3.01. The Balaban J connectivity index is 1.52. The zero-order valence-electron chi connectivity index (χ0n) is 13.9. The van der Waals surface area contributed by atoms with E-state index in [0.29, 0.717) is 12.6 Å². The Morgan fingerprint density at radius 1 is 1.33 bits per heavy atom. The second kappa shape index (κ2) is 6.15. The number of carbonyl (C=O) groups excluding carboxylic acids is 1. The van der Waals surface area contributed by atoms with E-state index < -0.39 is 0 Å². The summed E-state index contributed by atoms with van der Waals surface area (Å²) in [6.45, 7) is 4.10. The third-order valence-corrected chi connectivity index (χ3v) is 5.01. The minimum Gasteiger partial charge on any atom is -0.339 e. The third kappa shape index (κ3) is 2.70. The van der Waals surface area contributed by atoms with Crippen LogP contribution in [0.4, 0.5) is 0 Å². The van der Waals surface area contributed by atoms with E-state index in [0.717, 1.165) is 37.1 Å². The Kier molecular flexibility index (Phi) is 3.84. The molecule has 5 heteroatoms. The molecule has 2 aromatic heterocycles. The van der Waals surface area contributed by atoms with Gasteiger partial charge >= 0.3 is 0 Å². The molecule has 0 spiro atoms. The van der Waals surface area contributed by atoms with Gasteiger partial charge in [-0.1, -0.05) is 18.2 Å². The number of fused-ring (bicyclic) bond motifs is 1. The molecule has 5 nitrogen and oxygen atoms in total. The molecule has 1 aromatic carbocycles. The lowest BCUT2D eigenvalue weighted by molar-refractivity contribution is -0.133. The average molecular weight is 322 g/mol. The molecule has 1 aliphatic rings. The van der Waals surface area contributed by atoms with Gasteiger partial charge in [0.15, 0.2) is 0 Å².